The maximum absolute atomic E-state index is 10.0. The molecule has 0 aromatic carbocycles. The van der Waals surface area contributed by atoms with Crippen LogP contribution in [0.15, 0.2) is 27.8 Å². The number of hydrogen-bond donors (Lipinski definition) is 1. The lowest BCUT2D eigenvalue weighted by Gasteiger charge is -2.10. The molecule has 0 aliphatic carbocycles. The third kappa shape index (κ3) is 2.62. The van der Waals surface area contributed by atoms with E-state index < -0.39 is 24.4 Å². The summed E-state index contributed by atoms with van der Waals surface area (Å²) in [5, 5.41) is 16.0. The molecule has 0 aromatic rings. The summed E-state index contributed by atoms with van der Waals surface area (Å²) in [5.74, 6) is 0. The van der Waals surface area contributed by atoms with Gasteiger partial charge in [0.05, 0.1) is 0 Å². The van der Waals surface area contributed by atoms with Crippen molar-refractivity contribution in [2.24, 2.45) is 15.5 Å². The number of rotatable bonds is 6. The van der Waals surface area contributed by atoms with Crippen LogP contribution in [0, 0.1) is 14.7 Å². The molecule has 1 N–H and O–H groups in total. The number of nitrogens with zero attached hydrogens (tertiary/aromatic N) is 3. The zero-order valence-electron chi connectivity index (χ0n) is 6.08. The van der Waals surface area contributed by atoms with Crippen molar-refractivity contribution in [3.05, 3.63) is 27.0 Å². The molecule has 12 heavy (non-hydrogen) atoms. The first-order valence-electron chi connectivity index (χ1n) is 2.99. The average molecular weight is 173 g/mol. The van der Waals surface area contributed by atoms with Crippen molar-refractivity contribution in [1.82, 2.24) is 0 Å². The van der Waals surface area contributed by atoms with Crippen LogP contribution in [0.5, 0.6) is 0 Å². The molecule has 0 amide bonds. The third-order valence-electron chi connectivity index (χ3n) is 1.20. The maximum Gasteiger partial charge on any atom is 0.164 e. The SMILES string of the molecule is C=C(N=O)C(N=O)C(O)CN=O. The van der Waals surface area contributed by atoms with E-state index in [1.807, 2.05) is 0 Å². The van der Waals surface area contributed by atoms with Gasteiger partial charge in [0.2, 0.25) is 0 Å². The predicted molar refractivity (Wildman–Crippen MR) is 41.2 cm³/mol. The Morgan fingerprint density at radius 3 is 2.33 bits per heavy atom. The number of aliphatic hydroxyl groups is 1. The van der Waals surface area contributed by atoms with Gasteiger partial charge in [-0.15, -0.1) is 9.81 Å². The highest BCUT2D eigenvalue weighted by molar-refractivity contribution is 5.06. The van der Waals surface area contributed by atoms with Crippen LogP contribution in [-0.4, -0.2) is 23.8 Å². The molecule has 2 atom stereocenters. The molecule has 0 bridgehead atoms. The van der Waals surface area contributed by atoms with E-state index in [-0.39, 0.29) is 0 Å². The van der Waals surface area contributed by atoms with Crippen LogP contribution in [0.4, 0.5) is 0 Å². The van der Waals surface area contributed by atoms with E-state index in [1.165, 1.54) is 0 Å². The summed E-state index contributed by atoms with van der Waals surface area (Å²) in [6.07, 6.45) is -1.43. The largest absolute Gasteiger partial charge is 0.388 e. The molecule has 0 rings (SSSR count). The lowest BCUT2D eigenvalue weighted by molar-refractivity contribution is 0.165. The molecule has 0 saturated carbocycles. The van der Waals surface area contributed by atoms with Crippen molar-refractivity contribution in [2.75, 3.05) is 6.54 Å². The lowest BCUT2D eigenvalue weighted by atomic mass is 10.1. The zero-order valence-corrected chi connectivity index (χ0v) is 6.08. The first-order chi connectivity index (χ1) is 5.67. The molecule has 0 fully saturated rings. The third-order valence-corrected chi connectivity index (χ3v) is 1.20. The van der Waals surface area contributed by atoms with E-state index in [0.29, 0.717) is 0 Å². The summed E-state index contributed by atoms with van der Waals surface area (Å²) >= 11 is 0. The van der Waals surface area contributed by atoms with E-state index in [0.717, 1.165) is 0 Å². The van der Waals surface area contributed by atoms with Crippen LogP contribution in [0.25, 0.3) is 0 Å². The minimum absolute atomic E-state index is 0.416. The van der Waals surface area contributed by atoms with Gasteiger partial charge in [0.15, 0.2) is 6.04 Å². The summed E-state index contributed by atoms with van der Waals surface area (Å²) in [6, 6.07) is -1.39. The molecule has 0 aromatic heterocycles. The summed E-state index contributed by atoms with van der Waals surface area (Å²) in [6.45, 7) is 2.55. The van der Waals surface area contributed by atoms with Crippen LogP contribution in [0.2, 0.25) is 0 Å². The second-order valence-corrected chi connectivity index (χ2v) is 2.01. The summed E-state index contributed by atoms with van der Waals surface area (Å²) < 4.78 is 0. The molecule has 66 valence electrons. The van der Waals surface area contributed by atoms with Gasteiger partial charge in [-0.25, -0.2) is 0 Å². The first kappa shape index (κ1) is 10.5. The maximum atomic E-state index is 10.0. The van der Waals surface area contributed by atoms with Crippen LogP contribution >= 0.6 is 0 Å². The monoisotopic (exact) mass is 173 g/mol. The van der Waals surface area contributed by atoms with Gasteiger partial charge in [-0.1, -0.05) is 16.9 Å². The Labute approximate surface area is 67.4 Å². The van der Waals surface area contributed by atoms with Gasteiger partial charge in [0.25, 0.3) is 0 Å². The Bertz CT molecular complexity index is 205. The second-order valence-electron chi connectivity index (χ2n) is 2.01. The standard InChI is InChI=1S/C5H7N3O4/c1-3(7-11)5(8-12)4(9)2-6-10/h4-5,9H,1-2H2. The van der Waals surface area contributed by atoms with Crippen LogP contribution in [0.3, 0.4) is 0 Å². The van der Waals surface area contributed by atoms with Crippen molar-refractivity contribution in [3.63, 3.8) is 0 Å². The molecule has 0 saturated heterocycles. The average Bonchev–Trinajstić information content (AvgIpc) is 2.06. The van der Waals surface area contributed by atoms with Gasteiger partial charge < -0.3 is 5.11 Å². The molecule has 0 radical (unpaired) electrons. The van der Waals surface area contributed by atoms with Crippen LogP contribution < -0.4 is 0 Å². The molecular weight excluding hydrogens is 166 g/mol. The lowest BCUT2D eigenvalue weighted by Crippen LogP contribution is -2.27. The number of nitroso groups, excluding NO2 is 3. The van der Waals surface area contributed by atoms with Gasteiger partial charge in [0, 0.05) is 0 Å². The Balaban J connectivity index is 4.31. The predicted octanol–water partition coefficient (Wildman–Crippen LogP) is 0.529. The van der Waals surface area contributed by atoms with Crippen molar-refractivity contribution in [3.8, 4) is 0 Å². The minimum Gasteiger partial charge on any atom is -0.388 e. The molecular formula is C5H7N3O4. The molecule has 0 aliphatic heterocycles. The Morgan fingerprint density at radius 1 is 1.42 bits per heavy atom. The molecule has 7 nitrogen and oxygen atoms in total. The summed E-state index contributed by atoms with van der Waals surface area (Å²) in [5.41, 5.74) is -0.416. The quantitative estimate of drug-likeness (QED) is 0.590. The van der Waals surface area contributed by atoms with Crippen molar-refractivity contribution < 1.29 is 5.11 Å². The fraction of sp³-hybridized carbons (Fsp3) is 0.600. The van der Waals surface area contributed by atoms with E-state index in [2.05, 4.69) is 22.1 Å². The second kappa shape index (κ2) is 5.19. The fourth-order valence-corrected chi connectivity index (χ4v) is 0.583. The number of hydrogen-bond acceptors (Lipinski definition) is 7. The highest BCUT2D eigenvalue weighted by atomic mass is 16.3. The van der Waals surface area contributed by atoms with E-state index in [4.69, 9.17) is 5.11 Å². The Hall–Kier alpha value is -1.50. The van der Waals surface area contributed by atoms with Gasteiger partial charge >= 0.3 is 0 Å². The summed E-state index contributed by atoms with van der Waals surface area (Å²) in [7, 11) is 0. The van der Waals surface area contributed by atoms with E-state index in [1.54, 1.807) is 0 Å². The molecule has 0 heterocycles. The number of aliphatic hydroxyl groups excluding tert-OH is 1. The van der Waals surface area contributed by atoms with E-state index in [9.17, 15) is 14.7 Å². The van der Waals surface area contributed by atoms with Crippen molar-refractivity contribution in [1.29, 1.82) is 0 Å². The van der Waals surface area contributed by atoms with Gasteiger partial charge in [-0.3, -0.25) is 0 Å². The first-order valence-corrected chi connectivity index (χ1v) is 2.99. The molecule has 2 unspecified atom stereocenters. The van der Waals surface area contributed by atoms with Crippen molar-refractivity contribution >= 4 is 0 Å². The topological polar surface area (TPSA) is 109 Å². The van der Waals surface area contributed by atoms with Crippen LogP contribution in [0.1, 0.15) is 0 Å². The van der Waals surface area contributed by atoms with E-state index >= 15 is 0 Å². The van der Waals surface area contributed by atoms with Gasteiger partial charge in [-0.2, -0.15) is 4.91 Å². The van der Waals surface area contributed by atoms with Gasteiger partial charge in [-0.05, 0) is 5.18 Å². The minimum atomic E-state index is -1.43. The summed E-state index contributed by atoms with van der Waals surface area (Å²) in [4.78, 5) is 29.5. The highest BCUT2D eigenvalue weighted by Crippen LogP contribution is 2.10. The zero-order chi connectivity index (χ0) is 9.56. The van der Waals surface area contributed by atoms with Crippen LogP contribution in [-0.2, 0) is 0 Å². The van der Waals surface area contributed by atoms with Gasteiger partial charge in [0.1, 0.15) is 18.3 Å². The smallest absolute Gasteiger partial charge is 0.164 e. The highest BCUT2D eigenvalue weighted by Gasteiger charge is 2.24. The Morgan fingerprint density at radius 2 is 2.00 bits per heavy atom. The molecule has 7 heteroatoms. The molecule has 0 spiro atoms. The molecule has 0 aliphatic rings. The fourth-order valence-electron chi connectivity index (χ4n) is 0.583. The Kier molecular flexibility index (Phi) is 4.54. The van der Waals surface area contributed by atoms with Crippen molar-refractivity contribution in [2.45, 2.75) is 12.1 Å². The normalized spacial score (nSPS) is 14.4.